The monoisotopic (exact) mass is 389 g/mol. The van der Waals surface area contributed by atoms with Crippen LogP contribution >= 0.6 is 11.6 Å². The lowest BCUT2D eigenvalue weighted by Gasteiger charge is -2.32. The van der Waals surface area contributed by atoms with E-state index in [1.165, 1.54) is 18.1 Å². The summed E-state index contributed by atoms with van der Waals surface area (Å²) in [7, 11) is 0. The SMILES string of the molecule is Cc1nn(Cc2ccc(Cl)cc2F)c2c1CCN(C(=O)C1CCCCC1)C2. The van der Waals surface area contributed by atoms with Gasteiger partial charge in [0.15, 0.2) is 0 Å². The van der Waals surface area contributed by atoms with Crippen molar-refractivity contribution in [3.8, 4) is 0 Å². The highest BCUT2D eigenvalue weighted by Gasteiger charge is 2.31. The van der Waals surface area contributed by atoms with Crippen LogP contribution in [0.3, 0.4) is 0 Å². The molecule has 27 heavy (non-hydrogen) atoms. The van der Waals surface area contributed by atoms with Crippen molar-refractivity contribution >= 4 is 17.5 Å². The number of carbonyl (C=O) groups is 1. The molecule has 0 radical (unpaired) electrons. The summed E-state index contributed by atoms with van der Waals surface area (Å²) in [6, 6.07) is 4.73. The number of halogens is 2. The summed E-state index contributed by atoms with van der Waals surface area (Å²) < 4.78 is 16.1. The van der Waals surface area contributed by atoms with Crippen molar-refractivity contribution < 1.29 is 9.18 Å². The first-order valence-corrected chi connectivity index (χ1v) is 10.2. The number of rotatable bonds is 3. The van der Waals surface area contributed by atoms with E-state index in [4.69, 9.17) is 11.6 Å². The number of amides is 1. The molecule has 6 heteroatoms. The highest BCUT2D eigenvalue weighted by Crippen LogP contribution is 2.29. The van der Waals surface area contributed by atoms with Crippen molar-refractivity contribution in [2.45, 2.75) is 58.5 Å². The molecule has 1 aliphatic carbocycles. The highest BCUT2D eigenvalue weighted by atomic mass is 35.5. The van der Waals surface area contributed by atoms with Crippen molar-refractivity contribution in [3.63, 3.8) is 0 Å². The maximum absolute atomic E-state index is 14.2. The van der Waals surface area contributed by atoms with Crippen LogP contribution in [-0.4, -0.2) is 27.1 Å². The van der Waals surface area contributed by atoms with Crippen LogP contribution in [0.5, 0.6) is 0 Å². The van der Waals surface area contributed by atoms with Crippen molar-refractivity contribution in [3.05, 3.63) is 51.6 Å². The standard InChI is InChI=1S/C21H25ClFN3O/c1-14-18-9-10-25(21(27)15-5-3-2-4-6-15)13-20(18)26(24-14)12-16-7-8-17(22)11-19(16)23/h7-8,11,15H,2-6,9-10,12-13H2,1H3. The fraction of sp³-hybridized carbons (Fsp3) is 0.524. The number of carbonyl (C=O) groups excluding carboxylic acids is 1. The molecule has 2 aliphatic rings. The van der Waals surface area contributed by atoms with E-state index in [-0.39, 0.29) is 17.6 Å². The fourth-order valence-electron chi connectivity index (χ4n) is 4.41. The topological polar surface area (TPSA) is 38.1 Å². The first-order chi connectivity index (χ1) is 13.0. The van der Waals surface area contributed by atoms with Crippen molar-refractivity contribution in [2.75, 3.05) is 6.54 Å². The van der Waals surface area contributed by atoms with E-state index in [1.54, 1.807) is 12.1 Å². The van der Waals surface area contributed by atoms with Crippen LogP contribution in [0.2, 0.25) is 5.02 Å². The lowest BCUT2D eigenvalue weighted by Crippen LogP contribution is -2.41. The molecule has 2 aromatic rings. The predicted octanol–water partition coefficient (Wildman–Crippen LogP) is 4.50. The number of aromatic nitrogens is 2. The summed E-state index contributed by atoms with van der Waals surface area (Å²) in [5.74, 6) is 0.130. The molecule has 1 amide bonds. The van der Waals surface area contributed by atoms with Crippen LogP contribution in [-0.2, 0) is 24.3 Å². The second kappa shape index (κ2) is 7.63. The number of hydrogen-bond acceptors (Lipinski definition) is 2. The fourth-order valence-corrected chi connectivity index (χ4v) is 4.57. The van der Waals surface area contributed by atoms with E-state index in [9.17, 15) is 9.18 Å². The quantitative estimate of drug-likeness (QED) is 0.775. The summed E-state index contributed by atoms with van der Waals surface area (Å²) in [6.07, 6.45) is 6.40. The van der Waals surface area contributed by atoms with Crippen LogP contribution in [0.15, 0.2) is 18.2 Å². The average molecular weight is 390 g/mol. The smallest absolute Gasteiger partial charge is 0.226 e. The molecule has 1 aliphatic heterocycles. The van der Waals surface area contributed by atoms with Gasteiger partial charge in [0, 0.05) is 23.0 Å². The van der Waals surface area contributed by atoms with E-state index in [0.717, 1.165) is 50.0 Å². The Kier molecular flexibility index (Phi) is 5.22. The molecule has 0 saturated heterocycles. The zero-order chi connectivity index (χ0) is 19.0. The van der Waals surface area contributed by atoms with E-state index in [2.05, 4.69) is 5.10 Å². The number of benzene rings is 1. The summed E-state index contributed by atoms with van der Waals surface area (Å²) in [5.41, 5.74) is 3.78. The van der Waals surface area contributed by atoms with Crippen LogP contribution in [0.25, 0.3) is 0 Å². The van der Waals surface area contributed by atoms with E-state index < -0.39 is 0 Å². The average Bonchev–Trinajstić information content (AvgIpc) is 2.99. The third-order valence-corrected chi connectivity index (χ3v) is 6.18. The molecule has 0 spiro atoms. The molecule has 0 N–H and O–H groups in total. The Labute approximate surface area is 164 Å². The van der Waals surface area contributed by atoms with Gasteiger partial charge in [-0.05, 0) is 43.9 Å². The first kappa shape index (κ1) is 18.5. The van der Waals surface area contributed by atoms with Crippen molar-refractivity contribution in [2.24, 2.45) is 5.92 Å². The molecule has 4 nitrogen and oxygen atoms in total. The minimum absolute atomic E-state index is 0.173. The maximum Gasteiger partial charge on any atom is 0.226 e. The molecule has 2 heterocycles. The van der Waals surface area contributed by atoms with E-state index in [1.807, 2.05) is 16.5 Å². The Balaban J connectivity index is 1.56. The summed E-state index contributed by atoms with van der Waals surface area (Å²) >= 11 is 5.86. The lowest BCUT2D eigenvalue weighted by atomic mass is 9.87. The van der Waals surface area contributed by atoms with Gasteiger partial charge >= 0.3 is 0 Å². The second-order valence-corrected chi connectivity index (χ2v) is 8.19. The van der Waals surface area contributed by atoms with Gasteiger partial charge in [-0.2, -0.15) is 5.10 Å². The predicted molar refractivity (Wildman–Crippen MR) is 103 cm³/mol. The van der Waals surface area contributed by atoms with Gasteiger partial charge in [-0.3, -0.25) is 9.48 Å². The van der Waals surface area contributed by atoms with Crippen LogP contribution in [0.1, 0.15) is 54.6 Å². The van der Waals surface area contributed by atoms with Gasteiger partial charge in [-0.25, -0.2) is 4.39 Å². The molecule has 0 atom stereocenters. The van der Waals surface area contributed by atoms with Crippen LogP contribution < -0.4 is 0 Å². The zero-order valence-electron chi connectivity index (χ0n) is 15.7. The van der Waals surface area contributed by atoms with Gasteiger partial charge in [-0.1, -0.05) is 36.9 Å². The van der Waals surface area contributed by atoms with Crippen molar-refractivity contribution in [1.29, 1.82) is 0 Å². The third kappa shape index (κ3) is 3.75. The van der Waals surface area contributed by atoms with E-state index in [0.29, 0.717) is 23.7 Å². The van der Waals surface area contributed by atoms with Crippen molar-refractivity contribution in [1.82, 2.24) is 14.7 Å². The lowest BCUT2D eigenvalue weighted by molar-refractivity contribution is -0.137. The van der Waals surface area contributed by atoms with Gasteiger partial charge < -0.3 is 4.90 Å². The van der Waals surface area contributed by atoms with Gasteiger partial charge in [0.2, 0.25) is 5.91 Å². The Morgan fingerprint density at radius 1 is 1.30 bits per heavy atom. The molecule has 0 unspecified atom stereocenters. The Hall–Kier alpha value is -1.88. The summed E-state index contributed by atoms with van der Waals surface area (Å²) in [4.78, 5) is 14.9. The molecular weight excluding hydrogens is 365 g/mol. The number of hydrogen-bond donors (Lipinski definition) is 0. The number of fused-ring (bicyclic) bond motifs is 1. The van der Waals surface area contributed by atoms with Gasteiger partial charge in [0.05, 0.1) is 24.5 Å². The summed E-state index contributed by atoms with van der Waals surface area (Å²) in [5, 5.41) is 5.02. The first-order valence-electron chi connectivity index (χ1n) is 9.81. The van der Waals surface area contributed by atoms with Gasteiger partial charge in [0.1, 0.15) is 5.82 Å². The highest BCUT2D eigenvalue weighted by molar-refractivity contribution is 6.30. The summed E-state index contributed by atoms with van der Waals surface area (Å²) in [6.45, 7) is 3.67. The second-order valence-electron chi connectivity index (χ2n) is 7.75. The molecule has 1 aromatic carbocycles. The number of nitrogens with zero attached hydrogens (tertiary/aromatic N) is 3. The van der Waals surface area contributed by atoms with E-state index >= 15 is 0 Å². The molecule has 1 fully saturated rings. The molecule has 4 rings (SSSR count). The molecule has 1 saturated carbocycles. The van der Waals surface area contributed by atoms with Gasteiger partial charge in [0.25, 0.3) is 0 Å². The van der Waals surface area contributed by atoms with Gasteiger partial charge in [-0.15, -0.1) is 0 Å². The third-order valence-electron chi connectivity index (χ3n) is 5.94. The Morgan fingerprint density at radius 3 is 2.81 bits per heavy atom. The molecule has 0 bridgehead atoms. The van der Waals surface area contributed by atoms with Crippen LogP contribution in [0, 0.1) is 18.7 Å². The molecular formula is C21H25ClFN3O. The largest absolute Gasteiger partial charge is 0.336 e. The molecule has 1 aromatic heterocycles. The Morgan fingerprint density at radius 2 is 2.07 bits per heavy atom. The molecule has 144 valence electrons. The zero-order valence-corrected chi connectivity index (χ0v) is 16.4. The maximum atomic E-state index is 14.2. The minimum Gasteiger partial charge on any atom is -0.336 e. The number of aryl methyl sites for hydroxylation is 1. The van der Waals surface area contributed by atoms with Crippen LogP contribution in [0.4, 0.5) is 4.39 Å². The minimum atomic E-state index is -0.324. The Bertz CT molecular complexity index is 857. The normalized spacial score (nSPS) is 17.8.